The first-order chi connectivity index (χ1) is 20.0. The zero-order valence-corrected chi connectivity index (χ0v) is 25.3. The molecule has 1 amide bonds. The van der Waals surface area contributed by atoms with Crippen LogP contribution >= 0.6 is 47.2 Å². The smallest absolute Gasteiger partial charge is 0.266 e. The molecule has 0 unspecified atom stereocenters. The number of nitrogens with zero attached hydrogens (tertiary/aromatic N) is 3. The van der Waals surface area contributed by atoms with Crippen LogP contribution in [0.2, 0.25) is 10.0 Å². The molecule has 2 aliphatic rings. The monoisotopic (exact) mass is 619 g/mol. The maximum atomic E-state index is 13.5. The highest BCUT2D eigenvalue weighted by molar-refractivity contribution is 8.26. The van der Waals surface area contributed by atoms with Crippen molar-refractivity contribution in [2.45, 2.75) is 44.8 Å². The zero-order chi connectivity index (χ0) is 28.3. The van der Waals surface area contributed by atoms with E-state index in [2.05, 4.69) is 0 Å². The van der Waals surface area contributed by atoms with Gasteiger partial charge in [-0.1, -0.05) is 90.7 Å². The van der Waals surface area contributed by atoms with Crippen molar-refractivity contribution in [2.24, 2.45) is 0 Å². The molecule has 0 N–H and O–H groups in total. The molecule has 0 atom stereocenters. The number of para-hydroxylation sites is 1. The van der Waals surface area contributed by atoms with Crippen LogP contribution in [0.4, 0.5) is 0 Å². The minimum absolute atomic E-state index is 0.00470. The highest BCUT2D eigenvalue weighted by atomic mass is 35.5. The number of benzene rings is 3. The van der Waals surface area contributed by atoms with Gasteiger partial charge in [0.05, 0.1) is 16.3 Å². The third kappa shape index (κ3) is 6.24. The second-order valence-electron chi connectivity index (χ2n) is 10.1. The first-order valence-electron chi connectivity index (χ1n) is 13.6. The first kappa shape index (κ1) is 28.0. The Morgan fingerprint density at radius 1 is 1.00 bits per heavy atom. The van der Waals surface area contributed by atoms with E-state index in [1.54, 1.807) is 12.1 Å². The second kappa shape index (κ2) is 12.4. The summed E-state index contributed by atoms with van der Waals surface area (Å²) in [7, 11) is 0. The van der Waals surface area contributed by atoms with Gasteiger partial charge in [0.15, 0.2) is 0 Å². The molecule has 208 valence electrons. The molecule has 1 aromatic heterocycles. The van der Waals surface area contributed by atoms with E-state index in [0.29, 0.717) is 31.6 Å². The van der Waals surface area contributed by atoms with Crippen molar-refractivity contribution >= 4 is 63.5 Å². The number of halogens is 2. The number of hydrogen-bond donors (Lipinski definition) is 0. The molecule has 1 aliphatic heterocycles. The van der Waals surface area contributed by atoms with Crippen LogP contribution in [-0.2, 0) is 11.4 Å². The predicted octanol–water partition coefficient (Wildman–Crippen LogP) is 8.96. The third-order valence-electron chi connectivity index (χ3n) is 7.35. The average molecular weight is 621 g/mol. The Kier molecular flexibility index (Phi) is 8.49. The molecule has 1 aliphatic carbocycles. The topological polar surface area (TPSA) is 47.4 Å². The molecule has 0 radical (unpaired) electrons. The molecule has 2 fully saturated rings. The highest BCUT2D eigenvalue weighted by Crippen LogP contribution is 2.38. The van der Waals surface area contributed by atoms with Crippen LogP contribution in [0.25, 0.3) is 23.0 Å². The van der Waals surface area contributed by atoms with E-state index in [9.17, 15) is 4.79 Å². The van der Waals surface area contributed by atoms with Gasteiger partial charge in [0.25, 0.3) is 5.91 Å². The molecule has 5 nitrogen and oxygen atoms in total. The van der Waals surface area contributed by atoms with Crippen LogP contribution in [0.1, 0.15) is 43.2 Å². The number of hydrogen-bond acceptors (Lipinski definition) is 5. The number of carbonyl (C=O) groups is 1. The normalized spacial score (nSPS) is 17.0. The lowest BCUT2D eigenvalue weighted by Gasteiger charge is -2.29. The van der Waals surface area contributed by atoms with Gasteiger partial charge >= 0.3 is 0 Å². The summed E-state index contributed by atoms with van der Waals surface area (Å²) < 4.78 is 8.47. The number of thioether (sulfide) groups is 1. The molecule has 9 heteroatoms. The van der Waals surface area contributed by atoms with Gasteiger partial charge < -0.3 is 4.74 Å². The minimum atomic E-state index is -0.00470. The number of rotatable bonds is 7. The van der Waals surface area contributed by atoms with Crippen LogP contribution in [-0.4, -0.2) is 30.9 Å². The summed E-state index contributed by atoms with van der Waals surface area (Å²) in [4.78, 5) is 16.0. The Morgan fingerprint density at radius 2 is 1.76 bits per heavy atom. The number of ether oxygens (including phenoxy) is 1. The lowest BCUT2D eigenvalue weighted by molar-refractivity contribution is -0.124. The number of carbonyl (C=O) groups excluding carboxylic acids is 1. The maximum absolute atomic E-state index is 13.5. The van der Waals surface area contributed by atoms with E-state index in [1.807, 2.05) is 82.5 Å². The van der Waals surface area contributed by atoms with Crippen molar-refractivity contribution in [1.82, 2.24) is 14.7 Å². The summed E-state index contributed by atoms with van der Waals surface area (Å²) in [5, 5.41) is 6.08. The number of aromatic nitrogens is 2. The Labute approximate surface area is 259 Å². The zero-order valence-electron chi connectivity index (χ0n) is 22.1. The molecule has 3 aromatic carbocycles. The van der Waals surface area contributed by atoms with Gasteiger partial charge in [-0.15, -0.1) is 0 Å². The fourth-order valence-electron chi connectivity index (χ4n) is 5.21. The Bertz CT molecular complexity index is 1610. The van der Waals surface area contributed by atoms with Gasteiger partial charge in [-0.25, -0.2) is 4.68 Å². The van der Waals surface area contributed by atoms with Crippen LogP contribution in [0.3, 0.4) is 0 Å². The molecule has 2 heterocycles. The summed E-state index contributed by atoms with van der Waals surface area (Å²) in [5.41, 5.74) is 4.31. The van der Waals surface area contributed by atoms with Gasteiger partial charge in [0.1, 0.15) is 16.7 Å². The van der Waals surface area contributed by atoms with Gasteiger partial charge in [-0.2, -0.15) is 5.10 Å². The van der Waals surface area contributed by atoms with E-state index in [0.717, 1.165) is 53.8 Å². The quantitative estimate of drug-likeness (QED) is 0.153. The second-order valence-corrected chi connectivity index (χ2v) is 12.6. The number of amides is 1. The predicted molar refractivity (Wildman–Crippen MR) is 172 cm³/mol. The van der Waals surface area contributed by atoms with Crippen molar-refractivity contribution < 1.29 is 9.53 Å². The Balaban J connectivity index is 1.28. The summed E-state index contributed by atoms with van der Waals surface area (Å²) >= 11 is 19.4. The van der Waals surface area contributed by atoms with E-state index >= 15 is 0 Å². The van der Waals surface area contributed by atoms with E-state index in [-0.39, 0.29) is 11.9 Å². The highest BCUT2D eigenvalue weighted by Gasteiger charge is 2.37. The van der Waals surface area contributed by atoms with Crippen LogP contribution < -0.4 is 4.74 Å². The lowest BCUT2D eigenvalue weighted by Crippen LogP contribution is -2.39. The molecule has 0 spiro atoms. The first-order valence-corrected chi connectivity index (χ1v) is 15.5. The average Bonchev–Trinajstić information content (AvgIpc) is 3.53. The molecule has 4 aromatic rings. The van der Waals surface area contributed by atoms with Gasteiger partial charge in [0, 0.05) is 39.0 Å². The molecular weight excluding hydrogens is 593 g/mol. The van der Waals surface area contributed by atoms with E-state index in [1.165, 1.54) is 18.2 Å². The van der Waals surface area contributed by atoms with Crippen LogP contribution in [0.5, 0.6) is 5.75 Å². The molecular formula is C32H27Cl2N3O2S2. The van der Waals surface area contributed by atoms with Crippen molar-refractivity contribution in [2.75, 3.05) is 0 Å². The lowest BCUT2D eigenvalue weighted by atomic mass is 9.94. The molecule has 6 rings (SSSR count). The van der Waals surface area contributed by atoms with Crippen LogP contribution in [0, 0.1) is 0 Å². The van der Waals surface area contributed by atoms with Gasteiger partial charge in [0.2, 0.25) is 0 Å². The summed E-state index contributed by atoms with van der Waals surface area (Å²) in [6.45, 7) is 0.325. The summed E-state index contributed by atoms with van der Waals surface area (Å²) in [5.74, 6) is 0.701. The van der Waals surface area contributed by atoms with Gasteiger partial charge in [-0.05, 0) is 67.4 Å². The van der Waals surface area contributed by atoms with Crippen LogP contribution in [0.15, 0.2) is 83.9 Å². The molecule has 0 bridgehead atoms. The fourth-order valence-corrected chi connectivity index (χ4v) is 7.07. The van der Waals surface area contributed by atoms with Crippen molar-refractivity contribution in [3.63, 3.8) is 0 Å². The largest absolute Gasteiger partial charge is 0.489 e. The SMILES string of the molecule is O=C1C(=Cc2cn(-c3ccccc3)nc2-c2ccc(OCc3ccc(Cl)cc3Cl)cc2)SC(=S)N1C1CCCCC1. The summed E-state index contributed by atoms with van der Waals surface area (Å²) in [6, 6.07) is 23.3. The molecule has 1 saturated heterocycles. The Morgan fingerprint density at radius 3 is 2.49 bits per heavy atom. The molecule has 1 saturated carbocycles. The third-order valence-corrected chi connectivity index (χ3v) is 9.27. The molecule has 41 heavy (non-hydrogen) atoms. The van der Waals surface area contributed by atoms with E-state index in [4.69, 9.17) is 45.3 Å². The van der Waals surface area contributed by atoms with Crippen molar-refractivity contribution in [1.29, 1.82) is 0 Å². The summed E-state index contributed by atoms with van der Waals surface area (Å²) in [6.07, 6.45) is 9.41. The number of thiocarbonyl (C=S) groups is 1. The minimum Gasteiger partial charge on any atom is -0.489 e. The van der Waals surface area contributed by atoms with E-state index < -0.39 is 0 Å². The van der Waals surface area contributed by atoms with Crippen molar-refractivity contribution in [3.05, 3.63) is 105 Å². The Hall–Kier alpha value is -3.10. The standard InChI is InChI=1S/C32H27Cl2N3O2S2/c33-24-14-11-22(28(34)18-24)20-39-27-15-12-21(13-16-27)30-23(19-36(35-30)25-7-3-1-4-8-25)17-29-31(38)37(32(40)41-29)26-9-5-2-6-10-26/h1,3-4,7-8,11-19,26H,2,5-6,9-10,20H2. The van der Waals surface area contributed by atoms with Crippen molar-refractivity contribution in [3.8, 4) is 22.7 Å². The van der Waals surface area contributed by atoms with Gasteiger partial charge in [-0.3, -0.25) is 9.69 Å². The maximum Gasteiger partial charge on any atom is 0.266 e. The fraction of sp³-hybridized carbons (Fsp3) is 0.219.